The monoisotopic (exact) mass is 257 g/mol. The van der Waals surface area contributed by atoms with Gasteiger partial charge in [0.25, 0.3) is 5.91 Å². The number of nitrogens with one attached hydrogen (secondary N) is 1. The van der Waals surface area contributed by atoms with E-state index in [-0.39, 0.29) is 5.91 Å². The molecule has 0 aliphatic carbocycles. The lowest BCUT2D eigenvalue weighted by Gasteiger charge is -2.17. The van der Waals surface area contributed by atoms with Crippen molar-refractivity contribution in [1.82, 2.24) is 5.32 Å². The van der Waals surface area contributed by atoms with E-state index in [0.717, 1.165) is 30.8 Å². The van der Waals surface area contributed by atoms with Crippen LogP contribution in [0.25, 0.3) is 0 Å². The molecule has 0 unspecified atom stereocenters. The molecule has 98 valence electrons. The number of amides is 1. The maximum Gasteiger partial charge on any atom is 0.287 e. The summed E-state index contributed by atoms with van der Waals surface area (Å²) in [5, 5.41) is 2.83. The Hall–Kier alpha value is -2.23. The first-order chi connectivity index (χ1) is 9.33. The third-order valence-corrected chi connectivity index (χ3v) is 3.17. The Morgan fingerprint density at radius 3 is 3.11 bits per heavy atom. The van der Waals surface area contributed by atoms with Gasteiger partial charge in [0.15, 0.2) is 5.76 Å². The van der Waals surface area contributed by atoms with E-state index >= 15 is 0 Å². The van der Waals surface area contributed by atoms with E-state index in [9.17, 15) is 4.79 Å². The van der Waals surface area contributed by atoms with Crippen LogP contribution in [0.15, 0.2) is 41.0 Å². The van der Waals surface area contributed by atoms with Crippen LogP contribution in [0.1, 0.15) is 28.1 Å². The summed E-state index contributed by atoms with van der Waals surface area (Å²) in [6.45, 7) is 1.29. The van der Waals surface area contributed by atoms with Gasteiger partial charge in [0.2, 0.25) is 0 Å². The van der Waals surface area contributed by atoms with Crippen LogP contribution in [-0.2, 0) is 13.0 Å². The summed E-state index contributed by atoms with van der Waals surface area (Å²) in [7, 11) is 0. The molecule has 0 atom stereocenters. The van der Waals surface area contributed by atoms with Gasteiger partial charge in [-0.15, -0.1) is 0 Å². The topological polar surface area (TPSA) is 51.5 Å². The molecule has 4 heteroatoms. The Bertz CT molecular complexity index is 575. The first kappa shape index (κ1) is 11.8. The lowest BCUT2D eigenvalue weighted by molar-refractivity contribution is 0.0923. The minimum Gasteiger partial charge on any atom is -0.493 e. The van der Waals surface area contributed by atoms with Crippen LogP contribution in [0.3, 0.4) is 0 Å². The molecule has 0 saturated carbocycles. The first-order valence-corrected chi connectivity index (χ1v) is 6.39. The molecule has 2 aromatic rings. The standard InChI is InChI=1S/C15H15NO3/c17-15(14-4-2-8-19-14)16-10-11-5-6-13-12(9-11)3-1-7-18-13/h2,4-6,8-9H,1,3,7,10H2,(H,16,17). The van der Waals surface area contributed by atoms with Crippen molar-refractivity contribution in [2.75, 3.05) is 6.61 Å². The maximum absolute atomic E-state index is 11.7. The van der Waals surface area contributed by atoms with Crippen LogP contribution < -0.4 is 10.1 Å². The Morgan fingerprint density at radius 2 is 2.26 bits per heavy atom. The third-order valence-electron chi connectivity index (χ3n) is 3.17. The molecule has 2 heterocycles. The van der Waals surface area contributed by atoms with Gasteiger partial charge in [-0.25, -0.2) is 0 Å². The van der Waals surface area contributed by atoms with Gasteiger partial charge in [-0.2, -0.15) is 0 Å². The molecule has 4 nitrogen and oxygen atoms in total. The number of furan rings is 1. The highest BCUT2D eigenvalue weighted by Gasteiger charge is 2.12. The van der Waals surface area contributed by atoms with Gasteiger partial charge in [-0.3, -0.25) is 4.79 Å². The lowest BCUT2D eigenvalue weighted by atomic mass is 10.0. The normalized spacial score (nSPS) is 13.5. The number of hydrogen-bond acceptors (Lipinski definition) is 3. The van der Waals surface area contributed by atoms with Gasteiger partial charge >= 0.3 is 0 Å². The second-order valence-corrected chi connectivity index (χ2v) is 4.55. The van der Waals surface area contributed by atoms with E-state index in [2.05, 4.69) is 11.4 Å². The van der Waals surface area contributed by atoms with Crippen molar-refractivity contribution < 1.29 is 13.9 Å². The third kappa shape index (κ3) is 2.62. The zero-order valence-electron chi connectivity index (χ0n) is 10.5. The molecule has 0 saturated heterocycles. The number of carbonyl (C=O) groups is 1. The molecular formula is C15H15NO3. The van der Waals surface area contributed by atoms with Crippen molar-refractivity contribution >= 4 is 5.91 Å². The minimum absolute atomic E-state index is 0.195. The first-order valence-electron chi connectivity index (χ1n) is 6.39. The number of rotatable bonds is 3. The fraction of sp³-hybridized carbons (Fsp3) is 0.267. The SMILES string of the molecule is O=C(NCc1ccc2c(c1)CCCO2)c1ccco1. The number of aryl methyl sites for hydroxylation is 1. The van der Waals surface area contributed by atoms with E-state index in [1.165, 1.54) is 11.8 Å². The Labute approximate surface area is 111 Å². The summed E-state index contributed by atoms with van der Waals surface area (Å²) in [6.07, 6.45) is 3.58. The van der Waals surface area contributed by atoms with Crippen molar-refractivity contribution in [1.29, 1.82) is 0 Å². The number of fused-ring (bicyclic) bond motifs is 1. The van der Waals surface area contributed by atoms with E-state index < -0.39 is 0 Å². The molecule has 3 rings (SSSR count). The van der Waals surface area contributed by atoms with Gasteiger partial charge in [0, 0.05) is 6.54 Å². The fourth-order valence-corrected chi connectivity index (χ4v) is 2.20. The molecular weight excluding hydrogens is 242 g/mol. The van der Waals surface area contributed by atoms with Crippen molar-refractivity contribution in [2.24, 2.45) is 0 Å². The largest absolute Gasteiger partial charge is 0.493 e. The average Bonchev–Trinajstić information content (AvgIpc) is 2.99. The molecule has 1 aliphatic rings. The van der Waals surface area contributed by atoms with Crippen LogP contribution >= 0.6 is 0 Å². The second-order valence-electron chi connectivity index (χ2n) is 4.55. The summed E-state index contributed by atoms with van der Waals surface area (Å²) in [4.78, 5) is 11.7. The molecule has 0 spiro atoms. The summed E-state index contributed by atoms with van der Waals surface area (Å²) in [5.74, 6) is 1.10. The van der Waals surface area contributed by atoms with E-state index in [4.69, 9.17) is 9.15 Å². The van der Waals surface area contributed by atoms with Crippen molar-refractivity contribution in [3.63, 3.8) is 0 Å². The molecule has 0 fully saturated rings. The zero-order valence-corrected chi connectivity index (χ0v) is 10.5. The summed E-state index contributed by atoms with van der Waals surface area (Å²) in [6, 6.07) is 9.40. The molecule has 19 heavy (non-hydrogen) atoms. The molecule has 0 bridgehead atoms. The van der Waals surface area contributed by atoms with Crippen molar-refractivity contribution in [3.8, 4) is 5.75 Å². The molecule has 1 aromatic heterocycles. The number of carbonyl (C=O) groups excluding carboxylic acids is 1. The quantitative estimate of drug-likeness (QED) is 0.919. The number of ether oxygens (including phenoxy) is 1. The van der Waals surface area contributed by atoms with E-state index in [1.807, 2.05) is 12.1 Å². The van der Waals surface area contributed by atoms with Crippen LogP contribution in [0.4, 0.5) is 0 Å². The highest BCUT2D eigenvalue weighted by Crippen LogP contribution is 2.25. The zero-order chi connectivity index (χ0) is 13.1. The Kier molecular flexibility index (Phi) is 3.23. The highest BCUT2D eigenvalue weighted by molar-refractivity contribution is 5.91. The van der Waals surface area contributed by atoms with Gasteiger partial charge in [0.1, 0.15) is 5.75 Å². The predicted molar refractivity (Wildman–Crippen MR) is 70.1 cm³/mol. The van der Waals surface area contributed by atoms with Crippen LogP contribution in [0, 0.1) is 0 Å². The average molecular weight is 257 g/mol. The van der Waals surface area contributed by atoms with E-state index in [1.54, 1.807) is 12.1 Å². The van der Waals surface area contributed by atoms with Crippen molar-refractivity contribution in [2.45, 2.75) is 19.4 Å². The van der Waals surface area contributed by atoms with Gasteiger partial charge in [-0.1, -0.05) is 12.1 Å². The number of benzene rings is 1. The number of hydrogen-bond donors (Lipinski definition) is 1. The smallest absolute Gasteiger partial charge is 0.287 e. The summed E-state index contributed by atoms with van der Waals surface area (Å²) < 4.78 is 10.6. The second kappa shape index (κ2) is 5.18. The van der Waals surface area contributed by atoms with Gasteiger partial charge < -0.3 is 14.5 Å². The van der Waals surface area contributed by atoms with Gasteiger partial charge in [-0.05, 0) is 42.2 Å². The predicted octanol–water partition coefficient (Wildman–Crippen LogP) is 2.53. The molecule has 1 amide bonds. The van der Waals surface area contributed by atoms with Gasteiger partial charge in [0.05, 0.1) is 12.9 Å². The van der Waals surface area contributed by atoms with Crippen LogP contribution in [0.5, 0.6) is 5.75 Å². The Morgan fingerprint density at radius 1 is 1.32 bits per heavy atom. The molecule has 0 radical (unpaired) electrons. The molecule has 1 aliphatic heterocycles. The molecule has 1 N–H and O–H groups in total. The lowest BCUT2D eigenvalue weighted by Crippen LogP contribution is -2.22. The Balaban J connectivity index is 1.65. The van der Waals surface area contributed by atoms with Crippen LogP contribution in [0.2, 0.25) is 0 Å². The summed E-state index contributed by atoms with van der Waals surface area (Å²) >= 11 is 0. The highest BCUT2D eigenvalue weighted by atomic mass is 16.5. The van der Waals surface area contributed by atoms with Crippen molar-refractivity contribution in [3.05, 3.63) is 53.5 Å². The van der Waals surface area contributed by atoms with Crippen LogP contribution in [-0.4, -0.2) is 12.5 Å². The minimum atomic E-state index is -0.195. The van der Waals surface area contributed by atoms with E-state index in [0.29, 0.717) is 12.3 Å². The maximum atomic E-state index is 11.7. The summed E-state index contributed by atoms with van der Waals surface area (Å²) in [5.41, 5.74) is 2.29. The fourth-order valence-electron chi connectivity index (χ4n) is 2.20. The molecule has 1 aromatic carbocycles.